The standard InChI is InChI=1S/C22H31N3O3S/c1-2-25-16-9-10-17(25)13-18(12-16)29(27,28)24-22(26)23-21-19-7-3-5-14(19)11-15-6-4-8-20(15)21/h11,16-18H,2-10,12-13H2,1H3,(H2,23,24,26)/t16-,17?,18+/m1/s1. The zero-order chi connectivity index (χ0) is 20.2. The molecule has 1 aromatic carbocycles. The lowest BCUT2D eigenvalue weighted by atomic mass is 9.99. The third-order valence-electron chi connectivity index (χ3n) is 7.59. The second-order valence-electron chi connectivity index (χ2n) is 9.14. The third-order valence-corrected chi connectivity index (χ3v) is 9.32. The minimum absolute atomic E-state index is 0.337. The number of nitrogens with one attached hydrogen (secondary N) is 2. The Labute approximate surface area is 173 Å². The lowest BCUT2D eigenvalue weighted by Gasteiger charge is -2.37. The Balaban J connectivity index is 1.32. The monoisotopic (exact) mass is 417 g/mol. The molecule has 2 saturated heterocycles. The zero-order valence-corrected chi connectivity index (χ0v) is 18.0. The predicted octanol–water partition coefficient (Wildman–Crippen LogP) is 3.13. The molecule has 0 saturated carbocycles. The Morgan fingerprint density at radius 3 is 2.17 bits per heavy atom. The van der Waals surface area contributed by atoms with Gasteiger partial charge in [0.2, 0.25) is 10.0 Å². The summed E-state index contributed by atoms with van der Waals surface area (Å²) in [5.41, 5.74) is 5.97. The van der Waals surface area contributed by atoms with Crippen LogP contribution in [0.25, 0.3) is 0 Å². The van der Waals surface area contributed by atoms with E-state index in [0.29, 0.717) is 24.9 Å². The number of sulfonamides is 1. The Kier molecular flexibility index (Phi) is 4.86. The van der Waals surface area contributed by atoms with Crippen molar-refractivity contribution in [1.29, 1.82) is 0 Å². The molecule has 2 fully saturated rings. The van der Waals surface area contributed by atoms with Gasteiger partial charge in [0, 0.05) is 17.8 Å². The maximum atomic E-state index is 13.0. The van der Waals surface area contributed by atoms with Crippen LogP contribution < -0.4 is 10.0 Å². The highest BCUT2D eigenvalue weighted by Crippen LogP contribution is 2.39. The molecule has 7 heteroatoms. The molecule has 3 atom stereocenters. The van der Waals surface area contributed by atoms with Crippen molar-refractivity contribution in [2.45, 2.75) is 88.5 Å². The molecule has 2 aliphatic heterocycles. The third kappa shape index (κ3) is 3.36. The summed E-state index contributed by atoms with van der Waals surface area (Å²) < 4.78 is 28.3. The first-order chi connectivity index (χ1) is 14.0. The highest BCUT2D eigenvalue weighted by atomic mass is 32.2. The predicted molar refractivity (Wildman–Crippen MR) is 114 cm³/mol. The molecule has 0 radical (unpaired) electrons. The van der Waals surface area contributed by atoms with Crippen LogP contribution in [0.1, 0.15) is 67.7 Å². The van der Waals surface area contributed by atoms with Crippen molar-refractivity contribution in [1.82, 2.24) is 9.62 Å². The highest BCUT2D eigenvalue weighted by molar-refractivity contribution is 7.90. The molecule has 29 heavy (non-hydrogen) atoms. The fourth-order valence-electron chi connectivity index (χ4n) is 6.31. The number of urea groups is 1. The van der Waals surface area contributed by atoms with Crippen LogP contribution in [0.15, 0.2) is 6.07 Å². The molecule has 4 aliphatic rings. The molecular formula is C22H31N3O3S. The van der Waals surface area contributed by atoms with Gasteiger partial charge >= 0.3 is 6.03 Å². The van der Waals surface area contributed by atoms with Gasteiger partial charge in [0.1, 0.15) is 0 Å². The smallest absolute Gasteiger partial charge is 0.307 e. The van der Waals surface area contributed by atoms with Gasteiger partial charge in [-0.1, -0.05) is 13.0 Å². The number of amides is 2. The van der Waals surface area contributed by atoms with Crippen LogP contribution in [0.4, 0.5) is 10.5 Å². The largest absolute Gasteiger partial charge is 0.332 e. The van der Waals surface area contributed by atoms with Gasteiger partial charge in [0.15, 0.2) is 0 Å². The Morgan fingerprint density at radius 1 is 1.03 bits per heavy atom. The second-order valence-corrected chi connectivity index (χ2v) is 11.1. The van der Waals surface area contributed by atoms with Crippen LogP contribution >= 0.6 is 0 Å². The van der Waals surface area contributed by atoms with Crippen molar-refractivity contribution < 1.29 is 13.2 Å². The topological polar surface area (TPSA) is 78.5 Å². The second kappa shape index (κ2) is 7.27. The summed E-state index contributed by atoms with van der Waals surface area (Å²) >= 11 is 0. The molecule has 1 unspecified atom stereocenters. The van der Waals surface area contributed by atoms with E-state index in [1.54, 1.807) is 0 Å². The normalized spacial score (nSPS) is 28.2. The number of anilines is 1. The SMILES string of the molecule is CCN1C2CC[C@@H]1C[C@H](S(=O)(=O)NC(=O)Nc1c3c(cc4c1CCC4)CCC3)C2. The summed E-state index contributed by atoms with van der Waals surface area (Å²) in [4.78, 5) is 15.2. The van der Waals surface area contributed by atoms with E-state index in [9.17, 15) is 13.2 Å². The molecular weight excluding hydrogens is 386 g/mol. The van der Waals surface area contributed by atoms with Gasteiger partial charge in [-0.05, 0) is 93.0 Å². The Hall–Kier alpha value is -1.60. The van der Waals surface area contributed by atoms with Crippen LogP contribution in [-0.2, 0) is 35.7 Å². The van der Waals surface area contributed by atoms with Crippen molar-refractivity contribution in [3.8, 4) is 0 Å². The molecule has 0 spiro atoms. The van der Waals surface area contributed by atoms with Gasteiger partial charge in [0.05, 0.1) is 5.25 Å². The van der Waals surface area contributed by atoms with Gasteiger partial charge in [0.25, 0.3) is 0 Å². The number of benzene rings is 1. The van der Waals surface area contributed by atoms with Crippen LogP contribution in [0.2, 0.25) is 0 Å². The maximum absolute atomic E-state index is 13.0. The number of fused-ring (bicyclic) bond motifs is 4. The van der Waals surface area contributed by atoms with Gasteiger partial charge in [-0.3, -0.25) is 4.90 Å². The van der Waals surface area contributed by atoms with E-state index < -0.39 is 21.3 Å². The van der Waals surface area contributed by atoms with E-state index in [-0.39, 0.29) is 0 Å². The van der Waals surface area contributed by atoms with Gasteiger partial charge < -0.3 is 5.32 Å². The van der Waals surface area contributed by atoms with Crippen LogP contribution in [0.3, 0.4) is 0 Å². The number of aryl methyl sites for hydroxylation is 2. The molecule has 2 heterocycles. The molecule has 2 bridgehead atoms. The average molecular weight is 418 g/mol. The molecule has 2 aliphatic carbocycles. The fourth-order valence-corrected chi connectivity index (χ4v) is 7.74. The van der Waals surface area contributed by atoms with Crippen molar-refractivity contribution in [3.05, 3.63) is 28.3 Å². The summed E-state index contributed by atoms with van der Waals surface area (Å²) in [5.74, 6) is 0. The van der Waals surface area contributed by atoms with E-state index in [0.717, 1.165) is 63.6 Å². The summed E-state index contributed by atoms with van der Waals surface area (Å²) in [7, 11) is -3.68. The van der Waals surface area contributed by atoms with Gasteiger partial charge in [-0.15, -0.1) is 0 Å². The summed E-state index contributed by atoms with van der Waals surface area (Å²) in [6.45, 7) is 3.11. The number of hydrogen-bond donors (Lipinski definition) is 2. The van der Waals surface area contributed by atoms with Gasteiger partial charge in [-0.25, -0.2) is 17.9 Å². The molecule has 158 valence electrons. The lowest BCUT2D eigenvalue weighted by Crippen LogP contribution is -2.50. The first-order valence-electron chi connectivity index (χ1n) is 11.2. The van der Waals surface area contributed by atoms with Crippen molar-refractivity contribution in [2.75, 3.05) is 11.9 Å². The first kappa shape index (κ1) is 19.4. The van der Waals surface area contributed by atoms with Gasteiger partial charge in [-0.2, -0.15) is 0 Å². The average Bonchev–Trinajstić information content (AvgIpc) is 3.38. The number of carbonyl (C=O) groups excluding carboxylic acids is 1. The minimum atomic E-state index is -3.68. The molecule has 2 amide bonds. The van der Waals surface area contributed by atoms with E-state index >= 15 is 0 Å². The Bertz CT molecular complexity index is 897. The van der Waals surface area contributed by atoms with Crippen LogP contribution in [0, 0.1) is 0 Å². The van der Waals surface area contributed by atoms with Crippen molar-refractivity contribution in [3.63, 3.8) is 0 Å². The Morgan fingerprint density at radius 2 is 1.62 bits per heavy atom. The van der Waals surface area contributed by atoms with E-state index in [2.05, 4.69) is 27.9 Å². The molecule has 5 rings (SSSR count). The number of piperidine rings is 1. The van der Waals surface area contributed by atoms with E-state index in [4.69, 9.17) is 0 Å². The van der Waals surface area contributed by atoms with Crippen molar-refractivity contribution in [2.24, 2.45) is 0 Å². The number of nitrogens with zero attached hydrogens (tertiary/aromatic N) is 1. The van der Waals surface area contributed by atoms with E-state index in [1.807, 2.05) is 0 Å². The molecule has 6 nitrogen and oxygen atoms in total. The summed E-state index contributed by atoms with van der Waals surface area (Å²) in [5, 5.41) is 2.48. The number of hydrogen-bond acceptors (Lipinski definition) is 4. The molecule has 0 aromatic heterocycles. The van der Waals surface area contributed by atoms with Crippen LogP contribution in [0.5, 0.6) is 0 Å². The zero-order valence-electron chi connectivity index (χ0n) is 17.2. The number of rotatable bonds is 4. The fraction of sp³-hybridized carbons (Fsp3) is 0.682. The summed E-state index contributed by atoms with van der Waals surface area (Å²) in [6.07, 6.45) is 9.63. The highest BCUT2D eigenvalue weighted by Gasteiger charge is 2.44. The molecule has 1 aromatic rings. The number of carbonyl (C=O) groups is 1. The van der Waals surface area contributed by atoms with Crippen molar-refractivity contribution >= 4 is 21.7 Å². The minimum Gasteiger partial charge on any atom is -0.307 e. The first-order valence-corrected chi connectivity index (χ1v) is 12.8. The molecule has 2 N–H and O–H groups in total. The van der Waals surface area contributed by atoms with E-state index in [1.165, 1.54) is 22.3 Å². The van der Waals surface area contributed by atoms with Crippen LogP contribution in [-0.4, -0.2) is 43.2 Å². The lowest BCUT2D eigenvalue weighted by molar-refractivity contribution is 0.150. The quantitative estimate of drug-likeness (QED) is 0.789. The summed E-state index contributed by atoms with van der Waals surface area (Å²) in [6, 6.07) is 2.39. The maximum Gasteiger partial charge on any atom is 0.332 e.